The van der Waals surface area contributed by atoms with Crippen molar-refractivity contribution in [3.8, 4) is 0 Å². The number of Topliss-reactive ketones (excluding diaryl/α,β-unsaturated/α-hetero) is 2. The summed E-state index contributed by atoms with van der Waals surface area (Å²) in [5.41, 5.74) is 3.57. The number of aliphatic hydroxyl groups excluding tert-OH is 1. The number of aromatic nitrogens is 1. The molecule has 1 aromatic heterocycles. The molecule has 2 aromatic rings. The molecule has 1 aromatic carbocycles. The summed E-state index contributed by atoms with van der Waals surface area (Å²) < 4.78 is 0.831. The van der Waals surface area contributed by atoms with Crippen LogP contribution in [0.15, 0.2) is 22.7 Å². The lowest BCUT2D eigenvalue weighted by atomic mass is 10.0. The fourth-order valence-corrected chi connectivity index (χ4v) is 3.63. The van der Waals surface area contributed by atoms with Crippen LogP contribution in [0.1, 0.15) is 57.4 Å². The van der Waals surface area contributed by atoms with Crippen molar-refractivity contribution in [1.29, 1.82) is 0 Å². The number of benzene rings is 1. The summed E-state index contributed by atoms with van der Waals surface area (Å²) in [5, 5.41) is 11.7. The second-order valence-electron chi connectivity index (χ2n) is 6.42. The van der Waals surface area contributed by atoms with Crippen molar-refractivity contribution in [2.75, 3.05) is 11.9 Å². The van der Waals surface area contributed by atoms with Gasteiger partial charge in [0.2, 0.25) is 0 Å². The van der Waals surface area contributed by atoms with Crippen LogP contribution in [0.2, 0.25) is 0 Å². The molecule has 0 atom stereocenters. The molecule has 0 unspecified atom stereocenters. The number of carbonyl (C=O) groups excluding carboxylic acids is 3. The van der Waals surface area contributed by atoms with Crippen molar-refractivity contribution in [2.45, 2.75) is 26.7 Å². The molecule has 140 valence electrons. The van der Waals surface area contributed by atoms with Crippen molar-refractivity contribution in [3.63, 3.8) is 0 Å². The third kappa shape index (κ3) is 3.65. The van der Waals surface area contributed by atoms with Gasteiger partial charge in [-0.1, -0.05) is 15.9 Å². The second kappa shape index (κ2) is 7.62. The van der Waals surface area contributed by atoms with E-state index in [9.17, 15) is 14.4 Å². The van der Waals surface area contributed by atoms with Crippen LogP contribution in [0.3, 0.4) is 0 Å². The highest BCUT2D eigenvalue weighted by atomic mass is 79.9. The highest BCUT2D eigenvalue weighted by Crippen LogP contribution is 2.36. The predicted molar refractivity (Wildman–Crippen MR) is 107 cm³/mol. The fourth-order valence-electron chi connectivity index (χ4n) is 3.27. The third-order valence-corrected chi connectivity index (χ3v) is 5.02. The summed E-state index contributed by atoms with van der Waals surface area (Å²) in [6, 6.07) is 5.46. The Bertz CT molecular complexity index is 988. The van der Waals surface area contributed by atoms with E-state index >= 15 is 0 Å². The van der Waals surface area contributed by atoms with E-state index < -0.39 is 0 Å². The van der Waals surface area contributed by atoms with Gasteiger partial charge in [0.05, 0.1) is 17.0 Å². The van der Waals surface area contributed by atoms with Gasteiger partial charge in [0.1, 0.15) is 0 Å². The SMILES string of the molecule is CC(=O)c1c(/C=C2\C(=O)Nc3ccc(Br)cc32)[nH]c(C(=O)CCCO)c1C. The zero-order valence-corrected chi connectivity index (χ0v) is 16.6. The van der Waals surface area contributed by atoms with Gasteiger partial charge in [0.25, 0.3) is 5.91 Å². The van der Waals surface area contributed by atoms with Crippen LogP contribution >= 0.6 is 15.9 Å². The summed E-state index contributed by atoms with van der Waals surface area (Å²) in [4.78, 5) is 40.0. The minimum atomic E-state index is -0.266. The summed E-state index contributed by atoms with van der Waals surface area (Å²) in [6.45, 7) is 3.06. The first-order chi connectivity index (χ1) is 12.8. The molecule has 0 saturated carbocycles. The number of H-pyrrole nitrogens is 1. The summed E-state index contributed by atoms with van der Waals surface area (Å²) in [7, 11) is 0. The van der Waals surface area contributed by atoms with Gasteiger partial charge >= 0.3 is 0 Å². The Labute approximate surface area is 164 Å². The molecule has 0 bridgehead atoms. The fraction of sp³-hybridized carbons (Fsp3) is 0.250. The lowest BCUT2D eigenvalue weighted by Gasteiger charge is -2.00. The standard InChI is InChI=1S/C20H19BrN2O4/c1-10-18(11(2)25)16(22-19(10)17(26)4-3-7-24)9-14-13-8-12(21)5-6-15(13)23-20(14)27/h5-6,8-9,22,24H,3-4,7H2,1-2H3,(H,23,27)/b14-9-. The molecule has 1 aliphatic rings. The number of amides is 1. The molecule has 3 N–H and O–H groups in total. The Hall–Kier alpha value is -2.51. The van der Waals surface area contributed by atoms with E-state index in [0.717, 1.165) is 10.0 Å². The molecule has 0 aliphatic carbocycles. The molecule has 27 heavy (non-hydrogen) atoms. The molecule has 2 heterocycles. The van der Waals surface area contributed by atoms with Crippen molar-refractivity contribution in [1.82, 2.24) is 4.98 Å². The maximum atomic E-state index is 12.4. The minimum Gasteiger partial charge on any atom is -0.396 e. The van der Waals surface area contributed by atoms with Crippen molar-refractivity contribution in [2.24, 2.45) is 0 Å². The maximum absolute atomic E-state index is 12.4. The molecule has 1 amide bonds. The lowest BCUT2D eigenvalue weighted by molar-refractivity contribution is -0.110. The molecule has 6 nitrogen and oxygen atoms in total. The third-order valence-electron chi connectivity index (χ3n) is 4.53. The number of fused-ring (bicyclic) bond motifs is 1. The number of nitrogens with one attached hydrogen (secondary N) is 2. The highest BCUT2D eigenvalue weighted by Gasteiger charge is 2.27. The van der Waals surface area contributed by atoms with Crippen LogP contribution in [0.5, 0.6) is 0 Å². The van der Waals surface area contributed by atoms with Crippen LogP contribution < -0.4 is 5.32 Å². The van der Waals surface area contributed by atoms with Crippen molar-refractivity contribution in [3.05, 3.63) is 50.8 Å². The molecule has 0 saturated heterocycles. The van der Waals surface area contributed by atoms with Gasteiger partial charge < -0.3 is 15.4 Å². The maximum Gasteiger partial charge on any atom is 0.256 e. The largest absolute Gasteiger partial charge is 0.396 e. The van der Waals surface area contributed by atoms with Crippen molar-refractivity contribution < 1.29 is 19.5 Å². The van der Waals surface area contributed by atoms with Gasteiger partial charge in [-0.15, -0.1) is 0 Å². The van der Waals surface area contributed by atoms with E-state index in [1.807, 2.05) is 12.1 Å². The Morgan fingerprint density at radius 3 is 2.70 bits per heavy atom. The number of carbonyl (C=O) groups is 3. The average Bonchev–Trinajstić information content (AvgIpc) is 3.10. The van der Waals surface area contributed by atoms with Crippen LogP contribution in [-0.2, 0) is 4.79 Å². The molecule has 0 radical (unpaired) electrons. The minimum absolute atomic E-state index is 0.0756. The highest BCUT2D eigenvalue weighted by molar-refractivity contribution is 9.10. The van der Waals surface area contributed by atoms with Crippen LogP contribution in [0.25, 0.3) is 11.6 Å². The van der Waals surface area contributed by atoms with Gasteiger partial charge in [0, 0.05) is 34.3 Å². The van der Waals surface area contributed by atoms with Gasteiger partial charge in [-0.3, -0.25) is 14.4 Å². The van der Waals surface area contributed by atoms with Gasteiger partial charge in [-0.05, 0) is 50.1 Å². The van der Waals surface area contributed by atoms with E-state index in [0.29, 0.717) is 40.2 Å². The van der Waals surface area contributed by atoms with E-state index in [2.05, 4.69) is 26.2 Å². The first kappa shape index (κ1) is 19.3. The molecule has 1 aliphatic heterocycles. The molecule has 0 fully saturated rings. The Kier molecular flexibility index (Phi) is 5.43. The normalized spacial score (nSPS) is 14.4. The van der Waals surface area contributed by atoms with Gasteiger partial charge in [-0.25, -0.2) is 0 Å². The van der Waals surface area contributed by atoms with E-state index in [4.69, 9.17) is 5.11 Å². The lowest BCUT2D eigenvalue weighted by Crippen LogP contribution is -2.04. The zero-order chi connectivity index (χ0) is 19.7. The first-order valence-corrected chi connectivity index (χ1v) is 9.33. The summed E-state index contributed by atoms with van der Waals surface area (Å²) >= 11 is 3.40. The number of hydrogen-bond donors (Lipinski definition) is 3. The Balaban J connectivity index is 2.11. The first-order valence-electron chi connectivity index (χ1n) is 8.54. The van der Waals surface area contributed by atoms with Gasteiger partial charge in [-0.2, -0.15) is 0 Å². The Morgan fingerprint density at radius 2 is 2.04 bits per heavy atom. The number of hydrogen-bond acceptors (Lipinski definition) is 4. The molecule has 3 rings (SSSR count). The second-order valence-corrected chi connectivity index (χ2v) is 7.34. The van der Waals surface area contributed by atoms with Crippen molar-refractivity contribution >= 4 is 50.7 Å². The van der Waals surface area contributed by atoms with E-state index in [1.165, 1.54) is 6.92 Å². The van der Waals surface area contributed by atoms with Crippen LogP contribution in [-0.4, -0.2) is 34.2 Å². The Morgan fingerprint density at radius 1 is 1.30 bits per heavy atom. The number of anilines is 1. The molecule has 0 spiro atoms. The summed E-state index contributed by atoms with van der Waals surface area (Å²) in [6.07, 6.45) is 2.15. The van der Waals surface area contributed by atoms with E-state index in [1.54, 1.807) is 19.1 Å². The number of rotatable bonds is 6. The summed E-state index contributed by atoms with van der Waals surface area (Å²) in [5.74, 6) is -0.629. The molecule has 7 heteroatoms. The zero-order valence-electron chi connectivity index (χ0n) is 15.0. The number of aromatic amines is 1. The van der Waals surface area contributed by atoms with Gasteiger partial charge in [0.15, 0.2) is 11.6 Å². The van der Waals surface area contributed by atoms with E-state index in [-0.39, 0.29) is 30.5 Å². The average molecular weight is 431 g/mol. The number of halogens is 1. The predicted octanol–water partition coefficient (Wildman–Crippen LogP) is 3.74. The number of aliphatic hydroxyl groups is 1. The monoisotopic (exact) mass is 430 g/mol. The molecular formula is C20H19BrN2O4. The van der Waals surface area contributed by atoms with Crippen LogP contribution in [0, 0.1) is 6.92 Å². The number of ketones is 2. The smallest absolute Gasteiger partial charge is 0.256 e. The molecular weight excluding hydrogens is 412 g/mol. The quantitative estimate of drug-likeness (QED) is 0.479. The topological polar surface area (TPSA) is 99.3 Å². The van der Waals surface area contributed by atoms with Crippen LogP contribution in [0.4, 0.5) is 5.69 Å².